The SMILES string of the molecule is COc1cccc2cc(C(=O)NCC(C)(OC)c3ccccc3F)oc12. The Kier molecular flexibility index (Phi) is 4.95. The van der Waals surface area contributed by atoms with E-state index < -0.39 is 11.5 Å². The van der Waals surface area contributed by atoms with E-state index in [1.54, 1.807) is 37.3 Å². The van der Waals surface area contributed by atoms with E-state index in [0.29, 0.717) is 16.9 Å². The Balaban J connectivity index is 1.80. The Labute approximate surface area is 150 Å². The molecule has 0 aliphatic heterocycles. The predicted octanol–water partition coefficient (Wildman–Crippen LogP) is 3.87. The van der Waals surface area contributed by atoms with Crippen molar-refractivity contribution in [3.05, 3.63) is 65.7 Å². The zero-order chi connectivity index (χ0) is 18.7. The van der Waals surface area contributed by atoms with Gasteiger partial charge in [-0.05, 0) is 25.1 Å². The van der Waals surface area contributed by atoms with Gasteiger partial charge in [-0.2, -0.15) is 0 Å². The number of fused-ring (bicyclic) bond motifs is 1. The summed E-state index contributed by atoms with van der Waals surface area (Å²) in [6, 6.07) is 13.4. The average Bonchev–Trinajstić information content (AvgIpc) is 3.10. The van der Waals surface area contributed by atoms with Crippen LogP contribution in [0.3, 0.4) is 0 Å². The molecule has 1 amide bonds. The summed E-state index contributed by atoms with van der Waals surface area (Å²) in [5.74, 6) is -0.103. The first-order chi connectivity index (χ1) is 12.5. The van der Waals surface area contributed by atoms with Crippen LogP contribution in [0, 0.1) is 5.82 Å². The first-order valence-corrected chi connectivity index (χ1v) is 8.13. The third-order valence-electron chi connectivity index (χ3n) is 4.43. The van der Waals surface area contributed by atoms with Crippen molar-refractivity contribution in [1.29, 1.82) is 0 Å². The van der Waals surface area contributed by atoms with Gasteiger partial charge in [0.05, 0.1) is 13.7 Å². The molecule has 0 aliphatic rings. The van der Waals surface area contributed by atoms with E-state index in [1.165, 1.54) is 20.3 Å². The number of hydrogen-bond donors (Lipinski definition) is 1. The maximum Gasteiger partial charge on any atom is 0.287 e. The van der Waals surface area contributed by atoms with Crippen molar-refractivity contribution < 1.29 is 23.1 Å². The van der Waals surface area contributed by atoms with Gasteiger partial charge in [0.1, 0.15) is 11.4 Å². The Morgan fingerprint density at radius 3 is 2.65 bits per heavy atom. The molecule has 26 heavy (non-hydrogen) atoms. The average molecular weight is 357 g/mol. The summed E-state index contributed by atoms with van der Waals surface area (Å²) in [5.41, 5.74) is -0.136. The largest absolute Gasteiger partial charge is 0.493 e. The molecule has 3 rings (SSSR count). The van der Waals surface area contributed by atoms with Crippen molar-refractivity contribution in [1.82, 2.24) is 5.32 Å². The molecule has 3 aromatic rings. The lowest BCUT2D eigenvalue weighted by molar-refractivity contribution is 0.000199. The second-order valence-corrected chi connectivity index (χ2v) is 6.09. The monoisotopic (exact) mass is 357 g/mol. The van der Waals surface area contributed by atoms with Crippen molar-refractivity contribution in [3.8, 4) is 5.75 Å². The Morgan fingerprint density at radius 1 is 1.19 bits per heavy atom. The van der Waals surface area contributed by atoms with Crippen LogP contribution in [0.25, 0.3) is 11.0 Å². The molecule has 1 N–H and O–H groups in total. The summed E-state index contributed by atoms with van der Waals surface area (Å²) >= 11 is 0. The van der Waals surface area contributed by atoms with Gasteiger partial charge in [-0.15, -0.1) is 0 Å². The van der Waals surface area contributed by atoms with Crippen molar-refractivity contribution in [3.63, 3.8) is 0 Å². The first-order valence-electron chi connectivity index (χ1n) is 8.13. The van der Waals surface area contributed by atoms with Gasteiger partial charge in [0.25, 0.3) is 5.91 Å². The molecule has 1 heterocycles. The number of halogens is 1. The number of carbonyl (C=O) groups excluding carboxylic acids is 1. The number of furan rings is 1. The highest BCUT2D eigenvalue weighted by Crippen LogP contribution is 2.29. The maximum absolute atomic E-state index is 14.1. The minimum Gasteiger partial charge on any atom is -0.493 e. The van der Waals surface area contributed by atoms with Crippen LogP contribution in [0.1, 0.15) is 23.0 Å². The van der Waals surface area contributed by atoms with Crippen LogP contribution in [0.2, 0.25) is 0 Å². The van der Waals surface area contributed by atoms with Crippen molar-refractivity contribution >= 4 is 16.9 Å². The molecule has 0 aliphatic carbocycles. The van der Waals surface area contributed by atoms with Crippen LogP contribution in [-0.4, -0.2) is 26.7 Å². The first kappa shape index (κ1) is 17.9. The van der Waals surface area contributed by atoms with Crippen molar-refractivity contribution in [2.75, 3.05) is 20.8 Å². The molecule has 0 spiro atoms. The smallest absolute Gasteiger partial charge is 0.287 e. The number of para-hydroxylation sites is 1. The summed E-state index contributed by atoms with van der Waals surface area (Å²) in [6.07, 6.45) is 0. The molecule has 5 nitrogen and oxygen atoms in total. The third kappa shape index (κ3) is 3.28. The number of methoxy groups -OCH3 is 2. The summed E-state index contributed by atoms with van der Waals surface area (Å²) in [5, 5.41) is 3.51. The lowest BCUT2D eigenvalue weighted by Gasteiger charge is -2.29. The molecule has 0 saturated carbocycles. The van der Waals surface area contributed by atoms with Gasteiger partial charge in [0.15, 0.2) is 17.1 Å². The van der Waals surface area contributed by atoms with Gasteiger partial charge >= 0.3 is 0 Å². The van der Waals surface area contributed by atoms with Gasteiger partial charge < -0.3 is 19.2 Å². The van der Waals surface area contributed by atoms with Gasteiger partial charge in [0, 0.05) is 18.1 Å². The zero-order valence-electron chi connectivity index (χ0n) is 14.8. The van der Waals surface area contributed by atoms with Gasteiger partial charge in [-0.3, -0.25) is 4.79 Å². The molecule has 0 saturated heterocycles. The standard InChI is InChI=1S/C20H20FNO4/c1-20(25-3,14-8-4-5-9-15(14)21)12-22-19(23)17-11-13-7-6-10-16(24-2)18(13)26-17/h4-11H,12H2,1-3H3,(H,22,23). The minimum atomic E-state index is -1.01. The highest BCUT2D eigenvalue weighted by atomic mass is 19.1. The molecular formula is C20H20FNO4. The van der Waals surface area contributed by atoms with Crippen molar-refractivity contribution in [2.24, 2.45) is 0 Å². The quantitative estimate of drug-likeness (QED) is 0.727. The third-order valence-corrected chi connectivity index (χ3v) is 4.43. The van der Waals surface area contributed by atoms with Crippen LogP contribution < -0.4 is 10.1 Å². The molecule has 6 heteroatoms. The number of ether oxygens (including phenoxy) is 2. The maximum atomic E-state index is 14.1. The molecule has 0 radical (unpaired) electrons. The number of hydrogen-bond acceptors (Lipinski definition) is 4. The van der Waals surface area contributed by atoms with Crippen molar-refractivity contribution in [2.45, 2.75) is 12.5 Å². The number of amides is 1. The number of nitrogens with one attached hydrogen (secondary N) is 1. The van der Waals surface area contributed by atoms with E-state index in [0.717, 1.165) is 5.39 Å². The fourth-order valence-corrected chi connectivity index (χ4v) is 2.81. The molecule has 0 bridgehead atoms. The molecule has 136 valence electrons. The second kappa shape index (κ2) is 7.17. The predicted molar refractivity (Wildman–Crippen MR) is 95.9 cm³/mol. The van der Waals surface area contributed by atoms with E-state index in [1.807, 2.05) is 12.1 Å². The van der Waals surface area contributed by atoms with E-state index in [2.05, 4.69) is 5.32 Å². The number of rotatable bonds is 6. The van der Waals surface area contributed by atoms with Gasteiger partial charge in [-0.1, -0.05) is 30.3 Å². The Hall–Kier alpha value is -2.86. The number of benzene rings is 2. The normalized spacial score (nSPS) is 13.4. The molecule has 0 fully saturated rings. The Morgan fingerprint density at radius 2 is 1.96 bits per heavy atom. The fraction of sp³-hybridized carbons (Fsp3) is 0.250. The fourth-order valence-electron chi connectivity index (χ4n) is 2.81. The molecule has 1 unspecified atom stereocenters. The highest BCUT2D eigenvalue weighted by molar-refractivity contribution is 5.97. The zero-order valence-corrected chi connectivity index (χ0v) is 14.8. The summed E-state index contributed by atoms with van der Waals surface area (Å²) < 4.78 is 30.5. The number of carbonyl (C=O) groups is 1. The van der Waals surface area contributed by atoms with E-state index >= 15 is 0 Å². The van der Waals surface area contributed by atoms with Crippen LogP contribution in [0.5, 0.6) is 5.75 Å². The van der Waals surface area contributed by atoms with Gasteiger partial charge in [0.2, 0.25) is 0 Å². The lowest BCUT2D eigenvalue weighted by atomic mass is 9.95. The molecule has 1 aromatic heterocycles. The van der Waals surface area contributed by atoms with Crippen LogP contribution in [-0.2, 0) is 10.3 Å². The van der Waals surface area contributed by atoms with E-state index in [4.69, 9.17) is 13.9 Å². The second-order valence-electron chi connectivity index (χ2n) is 6.09. The Bertz CT molecular complexity index is 936. The molecular weight excluding hydrogens is 337 g/mol. The lowest BCUT2D eigenvalue weighted by Crippen LogP contribution is -2.40. The van der Waals surface area contributed by atoms with Gasteiger partial charge in [-0.25, -0.2) is 4.39 Å². The minimum absolute atomic E-state index is 0.0808. The summed E-state index contributed by atoms with van der Waals surface area (Å²) in [6.45, 7) is 1.80. The highest BCUT2D eigenvalue weighted by Gasteiger charge is 2.30. The van der Waals surface area contributed by atoms with E-state index in [9.17, 15) is 9.18 Å². The topological polar surface area (TPSA) is 60.7 Å². The summed E-state index contributed by atoms with van der Waals surface area (Å²) in [4.78, 5) is 12.5. The van der Waals surface area contributed by atoms with E-state index in [-0.39, 0.29) is 18.1 Å². The summed E-state index contributed by atoms with van der Waals surface area (Å²) in [7, 11) is 3.01. The van der Waals surface area contributed by atoms with Crippen LogP contribution >= 0.6 is 0 Å². The molecule has 1 atom stereocenters. The van der Waals surface area contributed by atoms with Crippen LogP contribution in [0.4, 0.5) is 4.39 Å². The molecule has 2 aromatic carbocycles. The van der Waals surface area contributed by atoms with Crippen LogP contribution in [0.15, 0.2) is 52.9 Å².